The molecule has 0 atom stereocenters. The summed E-state index contributed by atoms with van der Waals surface area (Å²) in [5, 5.41) is 1.02. The summed E-state index contributed by atoms with van der Waals surface area (Å²) in [5.41, 5.74) is 0. The maximum atomic E-state index is 11.3. The Morgan fingerprint density at radius 1 is 1.40 bits per heavy atom. The summed E-state index contributed by atoms with van der Waals surface area (Å²) < 4.78 is 27.9. The molecular formula is C9H10BrClO3S. The highest BCUT2D eigenvalue weighted by atomic mass is 79.9. The summed E-state index contributed by atoms with van der Waals surface area (Å²) in [6.07, 6.45) is 1.13. The molecule has 0 aromatic heterocycles. The van der Waals surface area contributed by atoms with Gasteiger partial charge in [0.05, 0.1) is 11.5 Å². The van der Waals surface area contributed by atoms with Crippen LogP contribution in [-0.4, -0.2) is 26.6 Å². The summed E-state index contributed by atoms with van der Waals surface area (Å²) in [7, 11) is -3.25. The van der Waals surface area contributed by atoms with Gasteiger partial charge in [0.2, 0.25) is 0 Å². The first kappa shape index (κ1) is 12.8. The Labute approximate surface area is 102 Å². The first-order chi connectivity index (χ1) is 6.93. The molecule has 1 aromatic carbocycles. The van der Waals surface area contributed by atoms with E-state index in [0.29, 0.717) is 22.7 Å². The number of hydrogen-bond donors (Lipinski definition) is 0. The van der Waals surface area contributed by atoms with Crippen molar-refractivity contribution >= 4 is 37.4 Å². The third-order valence-electron chi connectivity index (χ3n) is 1.62. The highest BCUT2D eigenvalue weighted by molar-refractivity contribution is 9.09. The lowest BCUT2D eigenvalue weighted by Crippen LogP contribution is -2.01. The molecule has 6 heteroatoms. The second-order valence-corrected chi connectivity index (χ2v) is 6.18. The normalized spacial score (nSPS) is 11.4. The van der Waals surface area contributed by atoms with Crippen molar-refractivity contribution in [1.29, 1.82) is 0 Å². The number of rotatable bonds is 4. The highest BCUT2D eigenvalue weighted by Gasteiger charge is 2.10. The summed E-state index contributed by atoms with van der Waals surface area (Å²) in [6.45, 7) is 0.462. The molecule has 0 aliphatic carbocycles. The molecule has 1 rings (SSSR count). The van der Waals surface area contributed by atoms with Gasteiger partial charge in [-0.05, 0) is 18.2 Å². The maximum Gasteiger partial charge on any atom is 0.175 e. The van der Waals surface area contributed by atoms with Crippen molar-refractivity contribution in [2.75, 3.05) is 18.2 Å². The van der Waals surface area contributed by atoms with Crippen molar-refractivity contribution < 1.29 is 13.2 Å². The van der Waals surface area contributed by atoms with Gasteiger partial charge in [-0.2, -0.15) is 0 Å². The van der Waals surface area contributed by atoms with Gasteiger partial charge in [0, 0.05) is 16.6 Å². The zero-order chi connectivity index (χ0) is 11.5. The van der Waals surface area contributed by atoms with Gasteiger partial charge < -0.3 is 4.74 Å². The molecule has 15 heavy (non-hydrogen) atoms. The fourth-order valence-corrected chi connectivity index (χ4v) is 2.11. The van der Waals surface area contributed by atoms with Gasteiger partial charge in [-0.3, -0.25) is 0 Å². The molecular weight excluding hydrogens is 304 g/mol. The van der Waals surface area contributed by atoms with E-state index in [2.05, 4.69) is 15.9 Å². The third kappa shape index (κ3) is 4.01. The SMILES string of the molecule is CS(=O)(=O)c1cc(Cl)cc(OCCBr)c1. The van der Waals surface area contributed by atoms with Crippen LogP contribution in [-0.2, 0) is 9.84 Å². The Bertz CT molecular complexity index is 445. The van der Waals surface area contributed by atoms with Crippen LogP contribution in [0.5, 0.6) is 5.75 Å². The van der Waals surface area contributed by atoms with Crippen molar-refractivity contribution in [3.05, 3.63) is 23.2 Å². The molecule has 0 aliphatic heterocycles. The minimum atomic E-state index is -3.25. The molecule has 0 radical (unpaired) electrons. The number of hydrogen-bond acceptors (Lipinski definition) is 3. The Hall–Kier alpha value is -0.260. The zero-order valence-electron chi connectivity index (χ0n) is 8.04. The molecule has 0 N–H and O–H groups in total. The van der Waals surface area contributed by atoms with Crippen molar-refractivity contribution in [2.45, 2.75) is 4.90 Å². The summed E-state index contributed by atoms with van der Waals surface area (Å²) >= 11 is 8.99. The fourth-order valence-electron chi connectivity index (χ4n) is 0.991. The number of alkyl halides is 1. The van der Waals surface area contributed by atoms with Gasteiger partial charge in [0.1, 0.15) is 5.75 Å². The Balaban J connectivity index is 3.06. The Morgan fingerprint density at radius 3 is 2.60 bits per heavy atom. The maximum absolute atomic E-state index is 11.3. The van der Waals surface area contributed by atoms with Crippen LogP contribution in [0.1, 0.15) is 0 Å². The topological polar surface area (TPSA) is 43.4 Å². The molecule has 0 heterocycles. The molecule has 0 fully saturated rings. The van der Waals surface area contributed by atoms with Crippen LogP contribution >= 0.6 is 27.5 Å². The third-order valence-corrected chi connectivity index (χ3v) is 3.25. The average Bonchev–Trinajstić information content (AvgIpc) is 2.12. The van der Waals surface area contributed by atoms with E-state index in [4.69, 9.17) is 16.3 Å². The van der Waals surface area contributed by atoms with Crippen LogP contribution in [0.2, 0.25) is 5.02 Å². The van der Waals surface area contributed by atoms with Gasteiger partial charge >= 0.3 is 0 Å². The molecule has 1 aromatic rings. The highest BCUT2D eigenvalue weighted by Crippen LogP contribution is 2.24. The van der Waals surface area contributed by atoms with E-state index in [0.717, 1.165) is 6.26 Å². The molecule has 0 bridgehead atoms. The van der Waals surface area contributed by atoms with Crippen molar-refractivity contribution in [1.82, 2.24) is 0 Å². The molecule has 0 amide bonds. The van der Waals surface area contributed by atoms with Crippen molar-refractivity contribution in [2.24, 2.45) is 0 Å². The van der Waals surface area contributed by atoms with E-state index in [1.807, 2.05) is 0 Å². The van der Waals surface area contributed by atoms with Crippen LogP contribution in [0.4, 0.5) is 0 Å². The first-order valence-electron chi connectivity index (χ1n) is 4.13. The number of benzene rings is 1. The number of halogens is 2. The lowest BCUT2D eigenvalue weighted by atomic mass is 10.3. The van der Waals surface area contributed by atoms with Crippen LogP contribution in [0, 0.1) is 0 Å². The molecule has 0 aliphatic rings. The number of ether oxygens (including phenoxy) is 1. The molecule has 0 saturated heterocycles. The molecule has 0 unspecified atom stereocenters. The Kier molecular flexibility index (Phi) is 4.43. The van der Waals surface area contributed by atoms with Crippen LogP contribution in [0.3, 0.4) is 0 Å². The lowest BCUT2D eigenvalue weighted by molar-refractivity contribution is 0.344. The number of sulfone groups is 1. The standard InChI is InChI=1S/C9H10BrClO3S/c1-15(12,13)9-5-7(11)4-8(6-9)14-3-2-10/h4-6H,2-3H2,1H3. The second-order valence-electron chi connectivity index (χ2n) is 2.93. The van der Waals surface area contributed by atoms with E-state index in [1.54, 1.807) is 6.07 Å². The predicted molar refractivity (Wildman–Crippen MR) is 63.9 cm³/mol. The van der Waals surface area contributed by atoms with Gasteiger partial charge in [0.15, 0.2) is 9.84 Å². The summed E-state index contributed by atoms with van der Waals surface area (Å²) in [5.74, 6) is 0.461. The largest absolute Gasteiger partial charge is 0.493 e. The van der Waals surface area contributed by atoms with Gasteiger partial charge in [-0.1, -0.05) is 27.5 Å². The molecule has 3 nitrogen and oxygen atoms in total. The monoisotopic (exact) mass is 312 g/mol. The van der Waals surface area contributed by atoms with E-state index in [9.17, 15) is 8.42 Å². The summed E-state index contributed by atoms with van der Waals surface area (Å²) in [6, 6.07) is 4.45. The fraction of sp³-hybridized carbons (Fsp3) is 0.333. The summed E-state index contributed by atoms with van der Waals surface area (Å²) in [4.78, 5) is 0.166. The Morgan fingerprint density at radius 2 is 2.07 bits per heavy atom. The predicted octanol–water partition coefficient (Wildman–Crippen LogP) is 2.52. The zero-order valence-corrected chi connectivity index (χ0v) is 11.2. The van der Waals surface area contributed by atoms with Crippen LogP contribution in [0.15, 0.2) is 23.1 Å². The van der Waals surface area contributed by atoms with Crippen LogP contribution < -0.4 is 4.74 Å². The quantitative estimate of drug-likeness (QED) is 0.802. The van der Waals surface area contributed by atoms with E-state index < -0.39 is 9.84 Å². The van der Waals surface area contributed by atoms with Crippen LogP contribution in [0.25, 0.3) is 0 Å². The van der Waals surface area contributed by atoms with E-state index in [-0.39, 0.29) is 4.90 Å². The van der Waals surface area contributed by atoms with Crippen molar-refractivity contribution in [3.63, 3.8) is 0 Å². The van der Waals surface area contributed by atoms with Gasteiger partial charge in [-0.15, -0.1) is 0 Å². The lowest BCUT2D eigenvalue weighted by Gasteiger charge is -2.06. The van der Waals surface area contributed by atoms with Gasteiger partial charge in [-0.25, -0.2) is 8.42 Å². The van der Waals surface area contributed by atoms with Crippen molar-refractivity contribution in [3.8, 4) is 5.75 Å². The van der Waals surface area contributed by atoms with E-state index >= 15 is 0 Å². The first-order valence-corrected chi connectivity index (χ1v) is 7.52. The second kappa shape index (κ2) is 5.18. The smallest absolute Gasteiger partial charge is 0.175 e. The average molecular weight is 314 g/mol. The van der Waals surface area contributed by atoms with E-state index in [1.165, 1.54) is 12.1 Å². The van der Waals surface area contributed by atoms with Gasteiger partial charge in [0.25, 0.3) is 0 Å². The molecule has 84 valence electrons. The minimum absolute atomic E-state index is 0.166. The molecule has 0 spiro atoms. The molecule has 0 saturated carbocycles. The minimum Gasteiger partial charge on any atom is -0.493 e.